The molecule has 2 rings (SSSR count). The second kappa shape index (κ2) is 5.36. The number of hydrogen-bond acceptors (Lipinski definition) is 4. The molecule has 18 heavy (non-hydrogen) atoms. The van der Waals surface area contributed by atoms with Crippen LogP contribution in [0.25, 0.3) is 0 Å². The second-order valence-corrected chi connectivity index (χ2v) is 6.27. The summed E-state index contributed by atoms with van der Waals surface area (Å²) in [5, 5.41) is 9.08. The van der Waals surface area contributed by atoms with Gasteiger partial charge in [-0.1, -0.05) is 18.2 Å². The molecule has 0 aromatic heterocycles. The lowest BCUT2D eigenvalue weighted by atomic mass is 10.2. The van der Waals surface area contributed by atoms with E-state index in [1.807, 2.05) is 0 Å². The molecule has 1 aliphatic rings. The standard InChI is InChI=1S/C12H17NO4S/c1-10-9-17-11(8-14)7-13(10)18(15,16)12-5-3-2-4-6-12/h2-6,10-11,14H,7-9H2,1H3. The number of ether oxygens (including phenoxy) is 1. The van der Waals surface area contributed by atoms with E-state index in [0.29, 0.717) is 6.61 Å². The quantitative estimate of drug-likeness (QED) is 0.867. The first-order valence-corrected chi connectivity index (χ1v) is 7.29. The molecule has 0 saturated carbocycles. The normalized spacial score (nSPS) is 26.1. The summed E-state index contributed by atoms with van der Waals surface area (Å²) in [6, 6.07) is 8.09. The van der Waals surface area contributed by atoms with Crippen molar-refractivity contribution in [3.63, 3.8) is 0 Å². The van der Waals surface area contributed by atoms with Crippen LogP contribution < -0.4 is 0 Å². The minimum absolute atomic E-state index is 0.173. The number of hydrogen-bond donors (Lipinski definition) is 1. The van der Waals surface area contributed by atoms with Crippen molar-refractivity contribution >= 4 is 10.0 Å². The number of nitrogens with zero attached hydrogens (tertiary/aromatic N) is 1. The van der Waals surface area contributed by atoms with Gasteiger partial charge in [0.05, 0.1) is 24.2 Å². The van der Waals surface area contributed by atoms with Crippen LogP contribution in [0.3, 0.4) is 0 Å². The van der Waals surface area contributed by atoms with Gasteiger partial charge in [-0.15, -0.1) is 0 Å². The van der Waals surface area contributed by atoms with E-state index in [-0.39, 0.29) is 24.1 Å². The summed E-state index contributed by atoms with van der Waals surface area (Å²) >= 11 is 0. The predicted octanol–water partition coefficient (Wildman–Crippen LogP) is 0.457. The van der Waals surface area contributed by atoms with E-state index in [1.165, 1.54) is 4.31 Å². The van der Waals surface area contributed by atoms with Crippen molar-refractivity contribution in [2.24, 2.45) is 0 Å². The third kappa shape index (κ3) is 2.56. The molecule has 6 heteroatoms. The van der Waals surface area contributed by atoms with Crippen LogP contribution in [-0.2, 0) is 14.8 Å². The zero-order chi connectivity index (χ0) is 13.2. The van der Waals surface area contributed by atoms with Crippen LogP contribution in [0.1, 0.15) is 6.92 Å². The number of sulfonamides is 1. The lowest BCUT2D eigenvalue weighted by molar-refractivity contribution is -0.0516. The fourth-order valence-corrected chi connectivity index (χ4v) is 3.63. The Kier molecular flexibility index (Phi) is 4.01. The number of rotatable bonds is 3. The van der Waals surface area contributed by atoms with E-state index in [2.05, 4.69) is 0 Å². The van der Waals surface area contributed by atoms with E-state index in [9.17, 15) is 8.42 Å². The molecule has 1 N–H and O–H groups in total. The molecule has 0 radical (unpaired) electrons. The second-order valence-electron chi connectivity index (χ2n) is 4.37. The van der Waals surface area contributed by atoms with Gasteiger partial charge in [0.25, 0.3) is 0 Å². The van der Waals surface area contributed by atoms with Crippen LogP contribution in [0, 0.1) is 0 Å². The van der Waals surface area contributed by atoms with Gasteiger partial charge < -0.3 is 9.84 Å². The molecule has 0 spiro atoms. The first-order chi connectivity index (χ1) is 8.55. The summed E-state index contributed by atoms with van der Waals surface area (Å²) in [5.41, 5.74) is 0. The topological polar surface area (TPSA) is 66.8 Å². The van der Waals surface area contributed by atoms with Gasteiger partial charge in [0.15, 0.2) is 0 Å². The molecule has 1 aliphatic heterocycles. The Balaban J connectivity index is 2.29. The van der Waals surface area contributed by atoms with Crippen molar-refractivity contribution in [3.8, 4) is 0 Å². The first kappa shape index (κ1) is 13.5. The van der Waals surface area contributed by atoms with Crippen LogP contribution in [0.5, 0.6) is 0 Å². The van der Waals surface area contributed by atoms with Crippen molar-refractivity contribution < 1.29 is 18.3 Å². The summed E-state index contributed by atoms with van der Waals surface area (Å²) in [6.07, 6.45) is -0.445. The molecule has 0 amide bonds. The maximum absolute atomic E-state index is 12.4. The van der Waals surface area contributed by atoms with Crippen LogP contribution >= 0.6 is 0 Å². The zero-order valence-corrected chi connectivity index (χ0v) is 11.0. The van der Waals surface area contributed by atoms with Crippen molar-refractivity contribution in [3.05, 3.63) is 30.3 Å². The molecule has 2 atom stereocenters. The van der Waals surface area contributed by atoms with E-state index in [1.54, 1.807) is 37.3 Å². The molecule has 2 unspecified atom stereocenters. The van der Waals surface area contributed by atoms with Crippen LogP contribution in [0.15, 0.2) is 35.2 Å². The predicted molar refractivity (Wildman–Crippen MR) is 66.6 cm³/mol. The highest BCUT2D eigenvalue weighted by Crippen LogP contribution is 2.22. The maximum Gasteiger partial charge on any atom is 0.243 e. The lowest BCUT2D eigenvalue weighted by Crippen LogP contribution is -2.51. The number of morpholine rings is 1. The Morgan fingerprint density at radius 3 is 2.67 bits per heavy atom. The molecule has 1 aromatic carbocycles. The highest BCUT2D eigenvalue weighted by Gasteiger charge is 2.35. The van der Waals surface area contributed by atoms with Crippen molar-refractivity contribution in [1.29, 1.82) is 0 Å². The fraction of sp³-hybridized carbons (Fsp3) is 0.500. The van der Waals surface area contributed by atoms with Crippen LogP contribution in [-0.4, -0.2) is 49.7 Å². The van der Waals surface area contributed by atoms with Gasteiger partial charge >= 0.3 is 0 Å². The van der Waals surface area contributed by atoms with Crippen molar-refractivity contribution in [2.45, 2.75) is 24.0 Å². The molecule has 1 fully saturated rings. The number of aliphatic hydroxyl groups is 1. The molecular formula is C12H17NO4S. The minimum Gasteiger partial charge on any atom is -0.394 e. The summed E-state index contributed by atoms with van der Waals surface area (Å²) in [4.78, 5) is 0.274. The third-order valence-electron chi connectivity index (χ3n) is 3.00. The molecule has 100 valence electrons. The monoisotopic (exact) mass is 271 g/mol. The smallest absolute Gasteiger partial charge is 0.243 e. The SMILES string of the molecule is CC1COC(CO)CN1S(=O)(=O)c1ccccc1. The van der Waals surface area contributed by atoms with E-state index < -0.39 is 16.1 Å². The van der Waals surface area contributed by atoms with Gasteiger partial charge in [-0.3, -0.25) is 0 Å². The third-order valence-corrected chi connectivity index (χ3v) is 5.00. The van der Waals surface area contributed by atoms with Gasteiger partial charge in [0.2, 0.25) is 10.0 Å². The van der Waals surface area contributed by atoms with E-state index in [0.717, 1.165) is 0 Å². The zero-order valence-electron chi connectivity index (χ0n) is 10.2. The Hall–Kier alpha value is -0.950. The van der Waals surface area contributed by atoms with Crippen molar-refractivity contribution in [2.75, 3.05) is 19.8 Å². The first-order valence-electron chi connectivity index (χ1n) is 5.85. The van der Waals surface area contributed by atoms with Crippen LogP contribution in [0.2, 0.25) is 0 Å². The highest BCUT2D eigenvalue weighted by atomic mass is 32.2. The summed E-state index contributed by atoms with van der Waals surface area (Å²) < 4.78 is 31.6. The number of benzene rings is 1. The Morgan fingerprint density at radius 2 is 2.06 bits per heavy atom. The maximum atomic E-state index is 12.4. The average molecular weight is 271 g/mol. The Labute approximate surface area is 107 Å². The molecule has 1 heterocycles. The average Bonchev–Trinajstić information content (AvgIpc) is 2.40. The largest absolute Gasteiger partial charge is 0.394 e. The Morgan fingerprint density at radius 1 is 1.39 bits per heavy atom. The number of aliphatic hydroxyl groups excluding tert-OH is 1. The fourth-order valence-electron chi connectivity index (χ4n) is 1.97. The molecule has 0 bridgehead atoms. The van der Waals surface area contributed by atoms with E-state index in [4.69, 9.17) is 9.84 Å². The molecular weight excluding hydrogens is 254 g/mol. The van der Waals surface area contributed by atoms with E-state index >= 15 is 0 Å². The van der Waals surface area contributed by atoms with Gasteiger partial charge in [-0.05, 0) is 19.1 Å². The van der Waals surface area contributed by atoms with Gasteiger partial charge in [-0.25, -0.2) is 8.42 Å². The van der Waals surface area contributed by atoms with Gasteiger partial charge in [0.1, 0.15) is 0 Å². The highest BCUT2D eigenvalue weighted by molar-refractivity contribution is 7.89. The Bertz CT molecular complexity index is 488. The summed E-state index contributed by atoms with van der Waals surface area (Å²) in [5.74, 6) is 0. The van der Waals surface area contributed by atoms with Gasteiger partial charge in [-0.2, -0.15) is 4.31 Å². The minimum atomic E-state index is -3.51. The molecule has 5 nitrogen and oxygen atoms in total. The van der Waals surface area contributed by atoms with Crippen molar-refractivity contribution in [1.82, 2.24) is 4.31 Å². The molecule has 1 aromatic rings. The van der Waals surface area contributed by atoms with Crippen LogP contribution in [0.4, 0.5) is 0 Å². The molecule has 1 saturated heterocycles. The summed E-state index contributed by atoms with van der Waals surface area (Å²) in [6.45, 7) is 2.12. The molecule has 0 aliphatic carbocycles. The lowest BCUT2D eigenvalue weighted by Gasteiger charge is -2.36. The van der Waals surface area contributed by atoms with Gasteiger partial charge in [0, 0.05) is 12.6 Å². The summed E-state index contributed by atoms with van der Waals surface area (Å²) in [7, 11) is -3.51.